The summed E-state index contributed by atoms with van der Waals surface area (Å²) in [5.74, 6) is -1.67. The van der Waals surface area contributed by atoms with Gasteiger partial charge in [-0.25, -0.2) is 0 Å². The van der Waals surface area contributed by atoms with Crippen molar-refractivity contribution in [2.24, 2.45) is 0 Å². The number of hydrogen-bond donors (Lipinski definition) is 1. The molecule has 1 fully saturated rings. The zero-order valence-corrected chi connectivity index (χ0v) is 18.8. The van der Waals surface area contributed by atoms with Crippen molar-refractivity contribution in [1.82, 2.24) is 10.2 Å². The van der Waals surface area contributed by atoms with Gasteiger partial charge in [-0.3, -0.25) is 24.5 Å². The monoisotopic (exact) mass is 494 g/mol. The summed E-state index contributed by atoms with van der Waals surface area (Å²) in [5.41, 5.74) is 1.01. The molecule has 0 spiro atoms. The van der Waals surface area contributed by atoms with Gasteiger partial charge in [0.2, 0.25) is 0 Å². The quantitative estimate of drug-likeness (QED) is 0.356. The number of nitro benzene ring substituents is 1. The van der Waals surface area contributed by atoms with Crippen LogP contribution in [0.1, 0.15) is 10.4 Å². The summed E-state index contributed by atoms with van der Waals surface area (Å²) in [6.07, 6.45) is 0. The summed E-state index contributed by atoms with van der Waals surface area (Å²) in [4.78, 5) is 50.2. The maximum atomic E-state index is 12.3. The highest BCUT2D eigenvalue weighted by Gasteiger charge is 2.23. The van der Waals surface area contributed by atoms with Crippen LogP contribution in [0.25, 0.3) is 0 Å². The molecule has 1 saturated heterocycles. The molecule has 1 aliphatic heterocycles. The molecule has 2 aromatic carbocycles. The van der Waals surface area contributed by atoms with Crippen LogP contribution in [0.15, 0.2) is 42.5 Å². The minimum Gasteiger partial charge on any atom is -0.454 e. The second-order valence-electron chi connectivity index (χ2n) is 7.11. The van der Waals surface area contributed by atoms with Crippen LogP contribution in [-0.2, 0) is 14.3 Å². The Balaban J connectivity index is 1.39. The normalized spacial score (nSPS) is 13.4. The number of carbonyl (C=O) groups is 3. The molecule has 2 amide bonds. The van der Waals surface area contributed by atoms with Gasteiger partial charge in [0.05, 0.1) is 15.5 Å². The van der Waals surface area contributed by atoms with Crippen molar-refractivity contribution < 1.29 is 24.0 Å². The Kier molecular flexibility index (Phi) is 8.07. The van der Waals surface area contributed by atoms with Crippen LogP contribution in [0.5, 0.6) is 0 Å². The highest BCUT2D eigenvalue weighted by molar-refractivity contribution is 6.36. The number of nitrogens with one attached hydrogen (secondary N) is 1. The average Bonchev–Trinajstić information content (AvgIpc) is 2.81. The highest BCUT2D eigenvalue weighted by Crippen LogP contribution is 2.21. The van der Waals surface area contributed by atoms with Gasteiger partial charge >= 0.3 is 5.97 Å². The second-order valence-corrected chi connectivity index (χ2v) is 7.95. The Morgan fingerprint density at radius 3 is 2.30 bits per heavy atom. The number of hydrogen-bond acceptors (Lipinski definition) is 7. The predicted molar refractivity (Wildman–Crippen MR) is 122 cm³/mol. The number of ether oxygens (including phenoxy) is 1. The first kappa shape index (κ1) is 24.3. The van der Waals surface area contributed by atoms with Gasteiger partial charge in [-0.1, -0.05) is 23.2 Å². The first-order chi connectivity index (χ1) is 15.7. The smallest absolute Gasteiger partial charge is 0.325 e. The second kappa shape index (κ2) is 11.0. The highest BCUT2D eigenvalue weighted by atomic mass is 35.5. The third-order valence-electron chi connectivity index (χ3n) is 4.98. The molecule has 0 atom stereocenters. The number of piperazine rings is 1. The first-order valence-electron chi connectivity index (χ1n) is 9.90. The van der Waals surface area contributed by atoms with Crippen LogP contribution < -0.4 is 10.2 Å². The molecule has 0 saturated carbocycles. The van der Waals surface area contributed by atoms with Crippen molar-refractivity contribution in [3.8, 4) is 0 Å². The minimum atomic E-state index is -0.758. The number of non-ortho nitro benzene ring substituents is 1. The van der Waals surface area contributed by atoms with Gasteiger partial charge in [-0.15, -0.1) is 0 Å². The summed E-state index contributed by atoms with van der Waals surface area (Å²) >= 11 is 11.7. The van der Waals surface area contributed by atoms with E-state index in [4.69, 9.17) is 27.9 Å². The zero-order valence-electron chi connectivity index (χ0n) is 17.3. The van der Waals surface area contributed by atoms with Crippen molar-refractivity contribution in [3.05, 3.63) is 68.2 Å². The van der Waals surface area contributed by atoms with E-state index >= 15 is 0 Å². The van der Waals surface area contributed by atoms with Crippen LogP contribution >= 0.6 is 23.2 Å². The number of halogens is 2. The number of nitro groups is 1. The molecule has 33 heavy (non-hydrogen) atoms. The van der Waals surface area contributed by atoms with Crippen LogP contribution in [0, 0.1) is 10.1 Å². The molecule has 3 rings (SSSR count). The molecule has 1 heterocycles. The Morgan fingerprint density at radius 1 is 1.03 bits per heavy atom. The molecule has 12 heteroatoms. The van der Waals surface area contributed by atoms with Crippen LogP contribution in [-0.4, -0.2) is 66.9 Å². The summed E-state index contributed by atoms with van der Waals surface area (Å²) in [6, 6.07) is 10.6. The van der Waals surface area contributed by atoms with Gasteiger partial charge < -0.3 is 19.9 Å². The van der Waals surface area contributed by atoms with Gasteiger partial charge in [-0.2, -0.15) is 0 Å². The SMILES string of the molecule is O=C(CNC(=O)c1ccc(Cl)cc1Cl)OCC(=O)N1CCN(c2ccc([N+](=O)[O-])cc2)CC1. The van der Waals surface area contributed by atoms with Crippen LogP contribution in [0.4, 0.5) is 11.4 Å². The number of anilines is 1. The third-order valence-corrected chi connectivity index (χ3v) is 5.53. The van der Waals surface area contributed by atoms with Gasteiger partial charge in [0, 0.05) is 49.0 Å². The van der Waals surface area contributed by atoms with Gasteiger partial charge in [0.15, 0.2) is 6.61 Å². The van der Waals surface area contributed by atoms with Crippen LogP contribution in [0.3, 0.4) is 0 Å². The fourth-order valence-corrected chi connectivity index (χ4v) is 3.70. The molecule has 10 nitrogen and oxygen atoms in total. The molecular formula is C21H20Cl2N4O6. The number of carbonyl (C=O) groups excluding carboxylic acids is 3. The summed E-state index contributed by atoms with van der Waals surface area (Å²) in [6.45, 7) is 1.05. The lowest BCUT2D eigenvalue weighted by Gasteiger charge is -2.36. The Hall–Kier alpha value is -3.37. The number of amides is 2. The van der Waals surface area contributed by atoms with Gasteiger partial charge in [0.25, 0.3) is 17.5 Å². The third kappa shape index (κ3) is 6.56. The first-order valence-corrected chi connectivity index (χ1v) is 10.7. The Bertz CT molecular complexity index is 1060. The maximum Gasteiger partial charge on any atom is 0.325 e. The zero-order chi connectivity index (χ0) is 24.0. The largest absolute Gasteiger partial charge is 0.454 e. The van der Waals surface area contributed by atoms with Crippen molar-refractivity contribution >= 4 is 52.4 Å². The average molecular weight is 495 g/mol. The van der Waals surface area contributed by atoms with Crippen molar-refractivity contribution in [1.29, 1.82) is 0 Å². The van der Waals surface area contributed by atoms with E-state index in [-0.39, 0.29) is 22.2 Å². The summed E-state index contributed by atoms with van der Waals surface area (Å²) < 4.78 is 4.96. The van der Waals surface area contributed by atoms with Crippen molar-refractivity contribution in [3.63, 3.8) is 0 Å². The molecular weight excluding hydrogens is 475 g/mol. The number of benzene rings is 2. The van der Waals surface area contributed by atoms with Gasteiger partial charge in [-0.05, 0) is 30.3 Å². The summed E-state index contributed by atoms with van der Waals surface area (Å²) in [5, 5.41) is 13.7. The van der Waals surface area contributed by atoms with E-state index in [0.717, 1.165) is 5.69 Å². The van der Waals surface area contributed by atoms with E-state index in [9.17, 15) is 24.5 Å². The molecule has 0 radical (unpaired) electrons. The maximum absolute atomic E-state index is 12.3. The molecule has 1 N–H and O–H groups in total. The van der Waals surface area contributed by atoms with E-state index in [0.29, 0.717) is 31.2 Å². The van der Waals surface area contributed by atoms with Crippen molar-refractivity contribution in [2.45, 2.75) is 0 Å². The number of esters is 1. The molecule has 0 unspecified atom stereocenters. The van der Waals surface area contributed by atoms with E-state index < -0.39 is 30.0 Å². The van der Waals surface area contributed by atoms with E-state index in [2.05, 4.69) is 5.32 Å². The Labute approximate surface area is 199 Å². The molecule has 174 valence electrons. The van der Waals surface area contributed by atoms with Crippen molar-refractivity contribution in [2.75, 3.05) is 44.2 Å². The Morgan fingerprint density at radius 2 is 1.70 bits per heavy atom. The fourth-order valence-electron chi connectivity index (χ4n) is 3.21. The van der Waals surface area contributed by atoms with E-state index in [1.54, 1.807) is 17.0 Å². The van der Waals surface area contributed by atoms with E-state index in [1.807, 2.05) is 4.90 Å². The molecule has 0 aliphatic carbocycles. The molecule has 0 bridgehead atoms. The van der Waals surface area contributed by atoms with Gasteiger partial charge in [0.1, 0.15) is 6.54 Å². The summed E-state index contributed by atoms with van der Waals surface area (Å²) in [7, 11) is 0. The lowest BCUT2D eigenvalue weighted by molar-refractivity contribution is -0.384. The topological polar surface area (TPSA) is 122 Å². The lowest BCUT2D eigenvalue weighted by atomic mass is 10.2. The fraction of sp³-hybridized carbons (Fsp3) is 0.286. The molecule has 2 aromatic rings. The minimum absolute atomic E-state index is 0.0156. The van der Waals surface area contributed by atoms with E-state index in [1.165, 1.54) is 30.3 Å². The predicted octanol–water partition coefficient (Wildman–Crippen LogP) is 2.52. The van der Waals surface area contributed by atoms with Crippen LogP contribution in [0.2, 0.25) is 10.0 Å². The molecule has 1 aliphatic rings. The molecule has 0 aromatic heterocycles. The number of nitrogens with zero attached hydrogens (tertiary/aromatic N) is 3. The number of rotatable bonds is 7. The standard InChI is InChI=1S/C21H20Cl2N4O6/c22-14-1-6-17(18(23)11-14)21(30)24-12-20(29)33-13-19(28)26-9-7-25(8-10-26)15-2-4-16(5-3-15)27(31)32/h1-6,11H,7-10,12-13H2,(H,24,30). The lowest BCUT2D eigenvalue weighted by Crippen LogP contribution is -2.50.